The monoisotopic (exact) mass is 422 g/mol. The first kappa shape index (κ1) is 26.2. The number of aromatic hydroxyl groups is 1. The molecule has 31 heavy (non-hydrogen) atoms. The topological polar surface area (TPSA) is 46.5 Å². The van der Waals surface area contributed by atoms with Crippen LogP contribution in [0.25, 0.3) is 0 Å². The van der Waals surface area contributed by atoms with Crippen LogP contribution in [0.15, 0.2) is 85.0 Å². The van der Waals surface area contributed by atoms with E-state index in [1.54, 1.807) is 12.1 Å². The van der Waals surface area contributed by atoms with Gasteiger partial charge in [0.1, 0.15) is 5.75 Å². The lowest BCUT2D eigenvalue weighted by molar-refractivity contribution is -0.143. The van der Waals surface area contributed by atoms with E-state index in [2.05, 4.69) is 67.7 Å². The highest BCUT2D eigenvalue weighted by Crippen LogP contribution is 2.10. The van der Waals surface area contributed by atoms with Gasteiger partial charge in [0.2, 0.25) is 0 Å². The molecule has 1 N–H and O–H groups in total. The van der Waals surface area contributed by atoms with E-state index in [4.69, 9.17) is 4.74 Å². The summed E-state index contributed by atoms with van der Waals surface area (Å²) in [7, 11) is 0. The Morgan fingerprint density at radius 3 is 1.87 bits per heavy atom. The highest BCUT2D eigenvalue weighted by Gasteiger charge is 2.02. The summed E-state index contributed by atoms with van der Waals surface area (Å²) >= 11 is 0. The number of allylic oxidation sites excluding steroid dienone is 10. The van der Waals surface area contributed by atoms with Crippen molar-refractivity contribution in [3.05, 3.63) is 90.6 Å². The molecule has 3 heteroatoms. The van der Waals surface area contributed by atoms with Gasteiger partial charge in [-0.3, -0.25) is 4.79 Å². The van der Waals surface area contributed by atoms with Crippen LogP contribution in [-0.4, -0.2) is 17.7 Å². The van der Waals surface area contributed by atoms with Gasteiger partial charge in [-0.25, -0.2) is 0 Å². The third kappa shape index (κ3) is 16.7. The molecule has 0 aromatic heterocycles. The van der Waals surface area contributed by atoms with E-state index in [1.807, 2.05) is 12.1 Å². The number of rotatable bonds is 16. The number of phenolic OH excluding ortho intramolecular Hbond substituents is 1. The second kappa shape index (κ2) is 19.2. The average molecular weight is 423 g/mol. The standard InChI is InChI=1S/C28H38O3/c1-2-3-4-5-6-7-8-9-10-11-12-13-14-15-16-17-18-19-28(30)31-25-24-26-20-22-27(29)23-21-26/h3-4,6-7,9-10,12-13,15-16,20-23,29H,2,5,8,11,14,17-19,24-25H2,1H3/b4-3+,7-6+,10-9+,13-12+,16-15+. The molecule has 0 unspecified atom stereocenters. The van der Waals surface area contributed by atoms with Crippen molar-refractivity contribution in [2.75, 3.05) is 6.61 Å². The summed E-state index contributed by atoms with van der Waals surface area (Å²) in [6, 6.07) is 6.96. The van der Waals surface area contributed by atoms with Crippen LogP contribution in [0.1, 0.15) is 63.9 Å². The zero-order valence-electron chi connectivity index (χ0n) is 18.9. The molecule has 0 aliphatic rings. The van der Waals surface area contributed by atoms with Crippen molar-refractivity contribution in [1.29, 1.82) is 0 Å². The quantitative estimate of drug-likeness (QED) is 0.171. The summed E-state index contributed by atoms with van der Waals surface area (Å²) in [4.78, 5) is 11.7. The van der Waals surface area contributed by atoms with E-state index < -0.39 is 0 Å². The second-order valence-electron chi connectivity index (χ2n) is 7.24. The van der Waals surface area contributed by atoms with Crippen molar-refractivity contribution < 1.29 is 14.6 Å². The molecule has 0 spiro atoms. The minimum Gasteiger partial charge on any atom is -0.508 e. The number of carbonyl (C=O) groups excluding carboxylic acids is 1. The first-order valence-corrected chi connectivity index (χ1v) is 11.4. The summed E-state index contributed by atoms with van der Waals surface area (Å²) in [6.07, 6.45) is 29.6. The summed E-state index contributed by atoms with van der Waals surface area (Å²) < 4.78 is 5.25. The van der Waals surface area contributed by atoms with Crippen LogP contribution >= 0.6 is 0 Å². The SMILES string of the molecule is CC/C=C/C/C=C/C/C=C/C/C=C/C/C=C/CCCC(=O)OCCc1ccc(O)cc1. The number of phenols is 1. The lowest BCUT2D eigenvalue weighted by atomic mass is 10.1. The Labute approximate surface area is 188 Å². The van der Waals surface area contributed by atoms with E-state index in [0.717, 1.165) is 50.5 Å². The molecule has 0 atom stereocenters. The van der Waals surface area contributed by atoms with Crippen molar-refractivity contribution in [1.82, 2.24) is 0 Å². The summed E-state index contributed by atoms with van der Waals surface area (Å²) in [5.41, 5.74) is 1.05. The number of esters is 1. The number of benzene rings is 1. The lowest BCUT2D eigenvalue weighted by Crippen LogP contribution is -2.07. The Hall–Kier alpha value is -2.81. The molecular weight excluding hydrogens is 384 g/mol. The molecule has 0 heterocycles. The predicted octanol–water partition coefficient (Wildman–Crippen LogP) is 7.40. The molecule has 0 fully saturated rings. The van der Waals surface area contributed by atoms with Gasteiger partial charge in [0.05, 0.1) is 6.61 Å². The maximum Gasteiger partial charge on any atom is 0.305 e. The van der Waals surface area contributed by atoms with E-state index in [9.17, 15) is 9.90 Å². The molecule has 0 saturated heterocycles. The van der Waals surface area contributed by atoms with Gasteiger partial charge < -0.3 is 9.84 Å². The maximum atomic E-state index is 11.7. The Morgan fingerprint density at radius 1 is 0.806 bits per heavy atom. The average Bonchev–Trinajstić information content (AvgIpc) is 2.77. The number of hydrogen-bond acceptors (Lipinski definition) is 3. The fourth-order valence-corrected chi connectivity index (χ4v) is 2.75. The fraction of sp³-hybridized carbons (Fsp3) is 0.393. The first-order chi connectivity index (χ1) is 15.2. The predicted molar refractivity (Wildman–Crippen MR) is 131 cm³/mol. The van der Waals surface area contributed by atoms with E-state index in [0.29, 0.717) is 19.4 Å². The van der Waals surface area contributed by atoms with Crippen molar-refractivity contribution in [3.8, 4) is 5.75 Å². The summed E-state index contributed by atoms with van der Waals surface area (Å²) in [5.74, 6) is 0.0990. The Morgan fingerprint density at radius 2 is 1.32 bits per heavy atom. The molecule has 0 aliphatic heterocycles. The van der Waals surface area contributed by atoms with Crippen LogP contribution < -0.4 is 0 Å². The zero-order chi connectivity index (χ0) is 22.4. The number of unbranched alkanes of at least 4 members (excludes halogenated alkanes) is 1. The Balaban J connectivity index is 1.96. The van der Waals surface area contributed by atoms with Gasteiger partial charge in [-0.05, 0) is 62.6 Å². The number of ether oxygens (including phenoxy) is 1. The van der Waals surface area contributed by atoms with Crippen LogP contribution in [0, 0.1) is 0 Å². The number of carbonyl (C=O) groups is 1. The van der Waals surface area contributed by atoms with Crippen LogP contribution in [0.4, 0.5) is 0 Å². The van der Waals surface area contributed by atoms with Gasteiger partial charge in [0.15, 0.2) is 0 Å². The minimum absolute atomic E-state index is 0.147. The van der Waals surface area contributed by atoms with Crippen LogP contribution in [0.2, 0.25) is 0 Å². The molecule has 3 nitrogen and oxygen atoms in total. The molecule has 0 saturated carbocycles. The van der Waals surface area contributed by atoms with Gasteiger partial charge in [0, 0.05) is 12.8 Å². The van der Waals surface area contributed by atoms with E-state index in [-0.39, 0.29) is 11.7 Å². The lowest BCUT2D eigenvalue weighted by Gasteiger charge is -2.04. The third-order valence-electron chi connectivity index (χ3n) is 4.50. The second-order valence-corrected chi connectivity index (χ2v) is 7.24. The van der Waals surface area contributed by atoms with Gasteiger partial charge in [0.25, 0.3) is 0 Å². The van der Waals surface area contributed by atoms with Crippen molar-refractivity contribution in [2.24, 2.45) is 0 Å². The smallest absolute Gasteiger partial charge is 0.305 e. The summed E-state index contributed by atoms with van der Waals surface area (Å²) in [6.45, 7) is 2.53. The van der Waals surface area contributed by atoms with E-state index in [1.165, 1.54) is 0 Å². The molecule has 0 aliphatic carbocycles. The van der Waals surface area contributed by atoms with Gasteiger partial charge >= 0.3 is 5.97 Å². The van der Waals surface area contributed by atoms with Crippen molar-refractivity contribution in [2.45, 2.75) is 64.7 Å². The molecule has 0 amide bonds. The minimum atomic E-state index is -0.147. The van der Waals surface area contributed by atoms with Crippen LogP contribution in [0.5, 0.6) is 5.75 Å². The highest BCUT2D eigenvalue weighted by atomic mass is 16.5. The number of hydrogen-bond donors (Lipinski definition) is 1. The normalized spacial score (nSPS) is 12.3. The van der Waals surface area contributed by atoms with Crippen molar-refractivity contribution in [3.63, 3.8) is 0 Å². The van der Waals surface area contributed by atoms with Crippen LogP contribution in [0.3, 0.4) is 0 Å². The van der Waals surface area contributed by atoms with Crippen LogP contribution in [-0.2, 0) is 16.0 Å². The molecule has 1 rings (SSSR count). The zero-order valence-corrected chi connectivity index (χ0v) is 18.9. The molecule has 1 aromatic carbocycles. The van der Waals surface area contributed by atoms with Gasteiger partial charge in [-0.2, -0.15) is 0 Å². The molecule has 168 valence electrons. The summed E-state index contributed by atoms with van der Waals surface area (Å²) in [5, 5.41) is 9.24. The van der Waals surface area contributed by atoms with Crippen molar-refractivity contribution >= 4 is 5.97 Å². The Kier molecular flexibility index (Phi) is 16.2. The highest BCUT2D eigenvalue weighted by molar-refractivity contribution is 5.69. The molecular formula is C28H38O3. The third-order valence-corrected chi connectivity index (χ3v) is 4.50. The molecule has 0 radical (unpaired) electrons. The molecule has 0 bridgehead atoms. The first-order valence-electron chi connectivity index (χ1n) is 11.4. The fourth-order valence-electron chi connectivity index (χ4n) is 2.75. The molecule has 1 aromatic rings. The Bertz CT molecular complexity index is 721. The van der Waals surface area contributed by atoms with E-state index >= 15 is 0 Å². The largest absolute Gasteiger partial charge is 0.508 e. The van der Waals surface area contributed by atoms with Gasteiger partial charge in [-0.1, -0.05) is 79.8 Å². The maximum absolute atomic E-state index is 11.7. The van der Waals surface area contributed by atoms with Gasteiger partial charge in [-0.15, -0.1) is 0 Å².